The molecule has 0 aromatic heterocycles. The number of thioether (sulfide) groups is 1. The summed E-state index contributed by atoms with van der Waals surface area (Å²) in [4.78, 5) is 38.1. The molecule has 27 heavy (non-hydrogen) atoms. The van der Waals surface area contributed by atoms with Crippen LogP contribution in [0.25, 0.3) is 10.4 Å². The number of azide groups is 1. The summed E-state index contributed by atoms with van der Waals surface area (Å²) >= 11 is 1.23. The Morgan fingerprint density at radius 3 is 2.67 bits per heavy atom. The number of β-lactam (4-membered cyclic amide) rings is 1. The predicted molar refractivity (Wildman–Crippen MR) is 96.4 cm³/mol. The highest BCUT2D eigenvalue weighted by Gasteiger charge is 2.65. The van der Waals surface area contributed by atoms with E-state index in [1.807, 2.05) is 6.92 Å². The van der Waals surface area contributed by atoms with Crippen molar-refractivity contribution in [3.63, 3.8) is 0 Å². The van der Waals surface area contributed by atoms with E-state index in [1.165, 1.54) is 28.8 Å². The zero-order chi connectivity index (χ0) is 19.8. The number of nitro benzene ring substituents is 1. The second kappa shape index (κ2) is 6.93. The number of nitrogens with zero attached hydrogens (tertiary/aromatic N) is 5. The molecule has 1 saturated heterocycles. The van der Waals surface area contributed by atoms with E-state index in [0.29, 0.717) is 17.7 Å². The van der Waals surface area contributed by atoms with Crippen LogP contribution < -0.4 is 0 Å². The molecule has 10 nitrogen and oxygen atoms in total. The van der Waals surface area contributed by atoms with Crippen LogP contribution >= 0.6 is 11.8 Å². The van der Waals surface area contributed by atoms with Gasteiger partial charge in [-0.3, -0.25) is 19.8 Å². The normalized spacial score (nSPS) is 23.5. The SMILES string of the molecule is CC[C@@H]1C(=O)N2C(C(=O)O)=C(CN=[N+]=[N-])S[C@]12Cc1ccc([N+](=O)[O-])cc1. The average molecular weight is 389 g/mol. The van der Waals surface area contributed by atoms with Gasteiger partial charge in [0, 0.05) is 28.4 Å². The lowest BCUT2D eigenvalue weighted by molar-refractivity contribution is -0.384. The van der Waals surface area contributed by atoms with Gasteiger partial charge in [-0.05, 0) is 17.5 Å². The first-order valence-corrected chi connectivity index (χ1v) is 8.91. The molecule has 0 saturated carbocycles. The Bertz CT molecular complexity index is 908. The Balaban J connectivity index is 1.98. The van der Waals surface area contributed by atoms with Crippen molar-refractivity contribution in [3.05, 3.63) is 61.0 Å². The van der Waals surface area contributed by atoms with Crippen LogP contribution in [0.5, 0.6) is 0 Å². The number of carboxylic acid groups (broad SMARTS) is 1. The van der Waals surface area contributed by atoms with E-state index in [-0.39, 0.29) is 23.8 Å². The summed E-state index contributed by atoms with van der Waals surface area (Å²) in [5.74, 6) is -1.92. The van der Waals surface area contributed by atoms with Crippen molar-refractivity contribution in [2.24, 2.45) is 11.0 Å². The molecule has 0 radical (unpaired) electrons. The number of carbonyl (C=O) groups excluding carboxylic acids is 1. The van der Waals surface area contributed by atoms with Gasteiger partial charge >= 0.3 is 5.97 Å². The predicted octanol–water partition coefficient (Wildman–Crippen LogP) is 3.06. The molecule has 11 heteroatoms. The smallest absolute Gasteiger partial charge is 0.353 e. The number of fused-ring (bicyclic) bond motifs is 1. The number of nitro groups is 1. The maximum Gasteiger partial charge on any atom is 0.353 e. The van der Waals surface area contributed by atoms with Gasteiger partial charge in [-0.15, -0.1) is 0 Å². The summed E-state index contributed by atoms with van der Waals surface area (Å²) in [6, 6.07) is 5.97. The quantitative estimate of drug-likeness (QED) is 0.189. The molecule has 1 N–H and O–H groups in total. The number of benzene rings is 1. The van der Waals surface area contributed by atoms with Gasteiger partial charge in [0.15, 0.2) is 0 Å². The molecular formula is C16H15N5O5S. The van der Waals surface area contributed by atoms with Crippen molar-refractivity contribution < 1.29 is 19.6 Å². The van der Waals surface area contributed by atoms with E-state index in [4.69, 9.17) is 5.53 Å². The lowest BCUT2D eigenvalue weighted by Crippen LogP contribution is -2.67. The van der Waals surface area contributed by atoms with Gasteiger partial charge in [0.2, 0.25) is 5.91 Å². The zero-order valence-electron chi connectivity index (χ0n) is 14.2. The lowest BCUT2D eigenvalue weighted by atomic mass is 9.80. The molecule has 140 valence electrons. The largest absolute Gasteiger partial charge is 0.477 e. The molecule has 2 heterocycles. The molecule has 2 aliphatic heterocycles. The highest BCUT2D eigenvalue weighted by Crippen LogP contribution is 2.60. The Morgan fingerprint density at radius 1 is 1.48 bits per heavy atom. The first kappa shape index (κ1) is 18.7. The van der Waals surface area contributed by atoms with Crippen LogP contribution in [0.1, 0.15) is 18.9 Å². The van der Waals surface area contributed by atoms with Gasteiger partial charge in [0.05, 0.1) is 17.4 Å². The third-order valence-electron chi connectivity index (χ3n) is 4.72. The Labute approximate surface area is 157 Å². The van der Waals surface area contributed by atoms with Crippen molar-refractivity contribution in [1.29, 1.82) is 0 Å². The van der Waals surface area contributed by atoms with Crippen LogP contribution in [-0.2, 0) is 16.0 Å². The number of rotatable bonds is 7. The number of aliphatic carboxylic acids is 1. The van der Waals surface area contributed by atoms with Crippen molar-refractivity contribution >= 4 is 29.3 Å². The number of hydrogen-bond acceptors (Lipinski definition) is 6. The number of hydrogen-bond donors (Lipinski definition) is 1. The molecule has 3 rings (SSSR count). The molecule has 0 spiro atoms. The molecule has 1 aromatic rings. The maximum atomic E-state index is 12.6. The fourth-order valence-corrected chi connectivity index (χ4v) is 5.35. The van der Waals surface area contributed by atoms with Crippen LogP contribution in [-0.4, -0.2) is 38.2 Å². The minimum absolute atomic E-state index is 0.0442. The van der Waals surface area contributed by atoms with E-state index in [1.54, 1.807) is 12.1 Å². The van der Waals surface area contributed by atoms with E-state index >= 15 is 0 Å². The maximum absolute atomic E-state index is 12.6. The van der Waals surface area contributed by atoms with Gasteiger partial charge in [-0.2, -0.15) is 0 Å². The minimum Gasteiger partial charge on any atom is -0.477 e. The topological polar surface area (TPSA) is 150 Å². The zero-order valence-corrected chi connectivity index (χ0v) is 15.0. The van der Waals surface area contributed by atoms with Crippen molar-refractivity contribution in [2.45, 2.75) is 24.6 Å². The first-order valence-electron chi connectivity index (χ1n) is 8.09. The first-order chi connectivity index (χ1) is 12.9. The van der Waals surface area contributed by atoms with Crippen LogP contribution in [0.3, 0.4) is 0 Å². The molecule has 2 aliphatic rings. The monoisotopic (exact) mass is 389 g/mol. The van der Waals surface area contributed by atoms with Crippen molar-refractivity contribution in [2.75, 3.05) is 6.54 Å². The van der Waals surface area contributed by atoms with Crippen molar-refractivity contribution in [1.82, 2.24) is 4.90 Å². The third kappa shape index (κ3) is 2.90. The average Bonchev–Trinajstić information content (AvgIpc) is 2.91. The fraction of sp³-hybridized carbons (Fsp3) is 0.375. The van der Waals surface area contributed by atoms with Crippen LogP contribution in [0.4, 0.5) is 5.69 Å². The molecule has 1 aromatic carbocycles. The van der Waals surface area contributed by atoms with Gasteiger partial charge in [-0.1, -0.05) is 35.9 Å². The second-order valence-corrected chi connectivity index (χ2v) is 7.55. The van der Waals surface area contributed by atoms with Crippen LogP contribution in [0, 0.1) is 16.0 Å². The Kier molecular flexibility index (Phi) is 4.81. The van der Waals surface area contributed by atoms with Gasteiger partial charge in [-0.25, -0.2) is 4.79 Å². The van der Waals surface area contributed by atoms with Gasteiger partial charge < -0.3 is 5.11 Å². The van der Waals surface area contributed by atoms with Gasteiger partial charge in [0.1, 0.15) is 10.6 Å². The van der Waals surface area contributed by atoms with Crippen molar-refractivity contribution in [3.8, 4) is 0 Å². The summed E-state index contributed by atoms with van der Waals surface area (Å²) in [6.45, 7) is 1.70. The second-order valence-electron chi connectivity index (χ2n) is 6.15. The molecule has 1 amide bonds. The summed E-state index contributed by atoms with van der Waals surface area (Å²) in [7, 11) is 0. The summed E-state index contributed by atoms with van der Waals surface area (Å²) in [6.07, 6.45) is 0.855. The van der Waals surface area contributed by atoms with Crippen LogP contribution in [0.15, 0.2) is 40.0 Å². The summed E-state index contributed by atoms with van der Waals surface area (Å²) in [5.41, 5.74) is 9.12. The molecule has 2 atom stereocenters. The number of carboxylic acids is 1. The summed E-state index contributed by atoms with van der Waals surface area (Å²) in [5, 5.41) is 23.9. The minimum atomic E-state index is -1.25. The number of amides is 1. The van der Waals surface area contributed by atoms with E-state index in [0.717, 1.165) is 5.56 Å². The third-order valence-corrected chi connectivity index (χ3v) is 6.26. The highest BCUT2D eigenvalue weighted by molar-refractivity contribution is 8.04. The summed E-state index contributed by atoms with van der Waals surface area (Å²) < 4.78 is 0. The van der Waals surface area contributed by atoms with Crippen LogP contribution in [0.2, 0.25) is 0 Å². The number of carbonyl (C=O) groups is 2. The molecule has 0 unspecified atom stereocenters. The van der Waals surface area contributed by atoms with Gasteiger partial charge in [0.25, 0.3) is 5.69 Å². The highest BCUT2D eigenvalue weighted by atomic mass is 32.2. The lowest BCUT2D eigenvalue weighted by Gasteiger charge is -2.53. The van der Waals surface area contributed by atoms with E-state index in [2.05, 4.69) is 10.0 Å². The molecule has 0 bridgehead atoms. The Morgan fingerprint density at radius 2 is 2.15 bits per heavy atom. The van der Waals surface area contributed by atoms with E-state index < -0.39 is 21.7 Å². The molecule has 0 aliphatic carbocycles. The Hall–Kier alpha value is -3.04. The molecule has 1 fully saturated rings. The fourth-order valence-electron chi connectivity index (χ4n) is 3.61. The number of non-ortho nitro benzene ring substituents is 1. The standard InChI is InChI=1S/C16H15N5O5S/c1-2-11-14(22)20-13(15(23)24)12(8-18-19-17)27-16(11,20)7-9-3-5-10(6-4-9)21(25)26/h3-6,11H,2,7-8H2,1H3,(H,23,24)/t11-,16-/m1/s1. The molecular weight excluding hydrogens is 374 g/mol. The van der Waals surface area contributed by atoms with E-state index in [9.17, 15) is 24.8 Å².